The zero-order chi connectivity index (χ0) is 12.9. The molecule has 100 valence electrons. The second-order valence-corrected chi connectivity index (χ2v) is 4.46. The van der Waals surface area contributed by atoms with Crippen molar-refractivity contribution in [1.29, 1.82) is 0 Å². The van der Waals surface area contributed by atoms with Crippen molar-refractivity contribution < 1.29 is 18.0 Å². The first-order chi connectivity index (χ1) is 7.95. The molecular weight excluding hydrogens is 233 g/mol. The summed E-state index contributed by atoms with van der Waals surface area (Å²) in [5.41, 5.74) is 0. The number of amides is 1. The van der Waals surface area contributed by atoms with E-state index < -0.39 is 12.1 Å². The van der Waals surface area contributed by atoms with E-state index in [-0.39, 0.29) is 19.0 Å². The highest BCUT2D eigenvalue weighted by atomic mass is 19.4. The van der Waals surface area contributed by atoms with Crippen LogP contribution < -0.4 is 5.32 Å². The molecule has 1 saturated heterocycles. The molecular formula is C11H19F3N2O. The van der Waals surface area contributed by atoms with E-state index in [2.05, 4.69) is 5.32 Å². The summed E-state index contributed by atoms with van der Waals surface area (Å²) in [7, 11) is 0. The van der Waals surface area contributed by atoms with E-state index in [0.29, 0.717) is 13.0 Å². The smallest absolute Gasteiger partial charge is 0.335 e. The molecule has 0 aliphatic carbocycles. The Morgan fingerprint density at radius 3 is 2.65 bits per heavy atom. The van der Waals surface area contributed by atoms with Gasteiger partial charge in [0.05, 0.1) is 0 Å². The quantitative estimate of drug-likeness (QED) is 0.827. The van der Waals surface area contributed by atoms with Crippen LogP contribution >= 0.6 is 0 Å². The number of carbonyl (C=O) groups excluding carboxylic acids is 1. The third kappa shape index (κ3) is 4.53. The van der Waals surface area contributed by atoms with E-state index in [1.165, 1.54) is 0 Å². The highest BCUT2D eigenvalue weighted by Gasteiger charge is 2.42. The Labute approximate surface area is 99.4 Å². The van der Waals surface area contributed by atoms with Gasteiger partial charge in [-0.1, -0.05) is 6.92 Å². The number of nitrogens with zero attached hydrogens (tertiary/aromatic N) is 1. The van der Waals surface area contributed by atoms with Gasteiger partial charge in [-0.2, -0.15) is 13.2 Å². The lowest BCUT2D eigenvalue weighted by atomic mass is 9.99. The summed E-state index contributed by atoms with van der Waals surface area (Å²) >= 11 is 0. The van der Waals surface area contributed by atoms with E-state index >= 15 is 0 Å². The molecule has 1 unspecified atom stereocenters. The summed E-state index contributed by atoms with van der Waals surface area (Å²) in [6.07, 6.45) is -2.36. The molecule has 0 saturated carbocycles. The van der Waals surface area contributed by atoms with Gasteiger partial charge in [0.25, 0.3) is 0 Å². The predicted molar refractivity (Wildman–Crippen MR) is 58.5 cm³/mol. The normalized spacial score (nSPS) is 21.3. The van der Waals surface area contributed by atoms with E-state index in [9.17, 15) is 18.0 Å². The van der Waals surface area contributed by atoms with Crippen molar-refractivity contribution in [1.82, 2.24) is 10.2 Å². The lowest BCUT2D eigenvalue weighted by Crippen LogP contribution is -2.46. The minimum atomic E-state index is -4.75. The van der Waals surface area contributed by atoms with Crippen molar-refractivity contribution in [2.45, 2.75) is 32.4 Å². The van der Waals surface area contributed by atoms with Gasteiger partial charge in [0.1, 0.15) is 0 Å². The number of alkyl halides is 3. The molecule has 6 heteroatoms. The van der Waals surface area contributed by atoms with Crippen LogP contribution in [0, 0.1) is 5.92 Å². The molecule has 1 heterocycles. The van der Waals surface area contributed by atoms with Crippen LogP contribution in [-0.2, 0) is 4.79 Å². The largest absolute Gasteiger partial charge is 0.471 e. The van der Waals surface area contributed by atoms with Crippen LogP contribution in [-0.4, -0.2) is 43.2 Å². The first-order valence-electron chi connectivity index (χ1n) is 6.02. The summed E-state index contributed by atoms with van der Waals surface area (Å²) in [6.45, 7) is 3.77. The number of piperidine rings is 1. The van der Waals surface area contributed by atoms with Gasteiger partial charge in [-0.15, -0.1) is 0 Å². The van der Waals surface area contributed by atoms with E-state index in [4.69, 9.17) is 0 Å². The number of hydrogen-bond donors (Lipinski definition) is 1. The molecule has 0 bridgehead atoms. The van der Waals surface area contributed by atoms with Crippen molar-refractivity contribution in [2.24, 2.45) is 5.92 Å². The molecule has 1 N–H and O–H groups in total. The zero-order valence-electron chi connectivity index (χ0n) is 10.0. The lowest BCUT2D eigenvalue weighted by Gasteiger charge is -2.30. The van der Waals surface area contributed by atoms with Crippen LogP contribution in [0.1, 0.15) is 26.2 Å². The SMILES string of the molecule is CCCN(CC1CCCNC1)C(=O)C(F)(F)F. The molecule has 0 aromatic heterocycles. The summed E-state index contributed by atoms with van der Waals surface area (Å²) < 4.78 is 37.1. The number of rotatable bonds is 4. The van der Waals surface area contributed by atoms with Crippen LogP contribution in [0.2, 0.25) is 0 Å². The number of hydrogen-bond acceptors (Lipinski definition) is 2. The number of halogens is 3. The predicted octanol–water partition coefficient (Wildman–Crippen LogP) is 1.79. The van der Waals surface area contributed by atoms with E-state index in [0.717, 1.165) is 24.3 Å². The molecule has 1 fully saturated rings. The fourth-order valence-corrected chi connectivity index (χ4v) is 2.12. The van der Waals surface area contributed by atoms with Gasteiger partial charge in [-0.05, 0) is 38.3 Å². The van der Waals surface area contributed by atoms with Gasteiger partial charge >= 0.3 is 12.1 Å². The summed E-state index contributed by atoms with van der Waals surface area (Å²) in [5, 5.41) is 3.14. The molecule has 1 amide bonds. The fourth-order valence-electron chi connectivity index (χ4n) is 2.12. The second kappa shape index (κ2) is 6.23. The highest BCUT2D eigenvalue weighted by Crippen LogP contribution is 2.21. The minimum Gasteiger partial charge on any atom is -0.335 e. The Morgan fingerprint density at radius 2 is 2.18 bits per heavy atom. The van der Waals surface area contributed by atoms with Gasteiger partial charge in [0.15, 0.2) is 0 Å². The molecule has 17 heavy (non-hydrogen) atoms. The van der Waals surface area contributed by atoms with Crippen LogP contribution in [0.5, 0.6) is 0 Å². The molecule has 3 nitrogen and oxygen atoms in total. The number of carbonyl (C=O) groups is 1. The van der Waals surface area contributed by atoms with Crippen molar-refractivity contribution in [2.75, 3.05) is 26.2 Å². The Bertz CT molecular complexity index is 250. The maximum Gasteiger partial charge on any atom is 0.471 e. The lowest BCUT2D eigenvalue weighted by molar-refractivity contribution is -0.186. The third-order valence-corrected chi connectivity index (χ3v) is 2.90. The Morgan fingerprint density at radius 1 is 1.47 bits per heavy atom. The standard InChI is InChI=1S/C11H19F3N2O/c1-2-6-16(10(17)11(12,13)14)8-9-4-3-5-15-7-9/h9,15H,2-8H2,1H3. The van der Waals surface area contributed by atoms with Crippen LogP contribution in [0.4, 0.5) is 13.2 Å². The zero-order valence-corrected chi connectivity index (χ0v) is 10.0. The first-order valence-corrected chi connectivity index (χ1v) is 6.02. The molecule has 0 aromatic rings. The van der Waals surface area contributed by atoms with Crippen molar-refractivity contribution in [3.8, 4) is 0 Å². The Hall–Kier alpha value is -0.780. The highest BCUT2D eigenvalue weighted by molar-refractivity contribution is 5.81. The minimum absolute atomic E-state index is 0.140. The van der Waals surface area contributed by atoms with Gasteiger partial charge in [-0.25, -0.2) is 0 Å². The van der Waals surface area contributed by atoms with Gasteiger partial charge in [0.2, 0.25) is 0 Å². The van der Waals surface area contributed by atoms with Gasteiger partial charge in [0, 0.05) is 13.1 Å². The monoisotopic (exact) mass is 252 g/mol. The first kappa shape index (κ1) is 14.3. The Balaban J connectivity index is 2.55. The second-order valence-electron chi connectivity index (χ2n) is 4.46. The van der Waals surface area contributed by atoms with Gasteiger partial charge < -0.3 is 10.2 Å². The van der Waals surface area contributed by atoms with Crippen molar-refractivity contribution in [3.63, 3.8) is 0 Å². The average Bonchev–Trinajstić information content (AvgIpc) is 2.28. The molecule has 0 spiro atoms. The third-order valence-electron chi connectivity index (χ3n) is 2.90. The van der Waals surface area contributed by atoms with Crippen molar-refractivity contribution >= 4 is 5.91 Å². The summed E-state index contributed by atoms with van der Waals surface area (Å²) in [5.74, 6) is -1.56. The molecule has 1 atom stereocenters. The molecule has 1 aliphatic heterocycles. The summed E-state index contributed by atoms with van der Waals surface area (Å²) in [4.78, 5) is 12.2. The number of nitrogens with one attached hydrogen (secondary N) is 1. The topological polar surface area (TPSA) is 32.3 Å². The maximum absolute atomic E-state index is 12.4. The van der Waals surface area contributed by atoms with E-state index in [1.54, 1.807) is 6.92 Å². The fraction of sp³-hybridized carbons (Fsp3) is 0.909. The van der Waals surface area contributed by atoms with Crippen LogP contribution in [0.3, 0.4) is 0 Å². The van der Waals surface area contributed by atoms with Crippen LogP contribution in [0.25, 0.3) is 0 Å². The molecule has 0 radical (unpaired) electrons. The van der Waals surface area contributed by atoms with Crippen molar-refractivity contribution in [3.05, 3.63) is 0 Å². The van der Waals surface area contributed by atoms with Crippen LogP contribution in [0.15, 0.2) is 0 Å². The molecule has 1 aliphatic rings. The average molecular weight is 252 g/mol. The van der Waals surface area contributed by atoms with Gasteiger partial charge in [-0.3, -0.25) is 4.79 Å². The Kier molecular flexibility index (Phi) is 5.24. The molecule has 0 aromatic carbocycles. The summed E-state index contributed by atoms with van der Waals surface area (Å²) in [6, 6.07) is 0. The maximum atomic E-state index is 12.4. The van der Waals surface area contributed by atoms with E-state index in [1.807, 2.05) is 0 Å². The molecule has 1 rings (SSSR count).